The van der Waals surface area contributed by atoms with Gasteiger partial charge in [-0.15, -0.1) is 0 Å². The first-order valence-corrected chi connectivity index (χ1v) is 12.9. The first-order valence-electron chi connectivity index (χ1n) is 11.0. The number of nitrogens with one attached hydrogen (secondary N) is 1. The van der Waals surface area contributed by atoms with Crippen LogP contribution in [0, 0.1) is 6.92 Å². The average Bonchev–Trinajstić information content (AvgIpc) is 3.27. The lowest BCUT2D eigenvalue weighted by atomic mass is 10.1. The number of nitrogens with zero attached hydrogens (tertiary/aromatic N) is 2. The van der Waals surface area contributed by atoms with Crippen LogP contribution in [0.3, 0.4) is 0 Å². The van der Waals surface area contributed by atoms with Crippen LogP contribution < -0.4 is 9.46 Å². The van der Waals surface area contributed by atoms with Crippen LogP contribution in [0.25, 0.3) is 16.9 Å². The molecule has 6 nitrogen and oxygen atoms in total. The molecule has 0 aliphatic rings. The van der Waals surface area contributed by atoms with Gasteiger partial charge in [-0.3, -0.25) is 0 Å². The standard InChI is InChI=1S/C26H26ClN3O3S/c1-3-15-33-25-14-11-20(16-24(25)27)26-21(18-30(29-26)22-7-5-4-6-8-22)17-28-34(31,32)23-12-9-19(2)10-13-23/h4-14,16,18,28H,3,15,17H2,1-2H3. The summed E-state index contributed by atoms with van der Waals surface area (Å²) in [6.07, 6.45) is 2.71. The smallest absolute Gasteiger partial charge is 0.240 e. The van der Waals surface area contributed by atoms with E-state index in [0.29, 0.717) is 23.1 Å². The highest BCUT2D eigenvalue weighted by Crippen LogP contribution is 2.32. The van der Waals surface area contributed by atoms with Crippen LogP contribution in [-0.4, -0.2) is 24.8 Å². The molecule has 1 aromatic heterocycles. The Balaban J connectivity index is 1.68. The second kappa shape index (κ2) is 10.4. The largest absolute Gasteiger partial charge is 0.492 e. The van der Waals surface area contributed by atoms with Crippen LogP contribution in [0.2, 0.25) is 5.02 Å². The molecule has 0 radical (unpaired) electrons. The number of ether oxygens (including phenoxy) is 1. The summed E-state index contributed by atoms with van der Waals surface area (Å²) in [5.74, 6) is 0.608. The van der Waals surface area contributed by atoms with Crippen molar-refractivity contribution < 1.29 is 13.2 Å². The molecule has 4 rings (SSSR count). The van der Waals surface area contributed by atoms with Gasteiger partial charge in [-0.05, 0) is 55.8 Å². The van der Waals surface area contributed by atoms with Gasteiger partial charge in [-0.1, -0.05) is 54.4 Å². The molecular formula is C26H26ClN3O3S. The fourth-order valence-electron chi connectivity index (χ4n) is 3.45. The molecule has 4 aromatic rings. The fourth-order valence-corrected chi connectivity index (χ4v) is 4.69. The minimum atomic E-state index is -3.69. The van der Waals surface area contributed by atoms with Crippen molar-refractivity contribution in [1.29, 1.82) is 0 Å². The molecule has 8 heteroatoms. The Bertz CT molecular complexity index is 1370. The number of para-hydroxylation sites is 1. The predicted molar refractivity (Wildman–Crippen MR) is 135 cm³/mol. The topological polar surface area (TPSA) is 73.2 Å². The van der Waals surface area contributed by atoms with E-state index in [9.17, 15) is 8.42 Å². The second-order valence-electron chi connectivity index (χ2n) is 7.91. The molecule has 0 amide bonds. The van der Waals surface area contributed by atoms with Gasteiger partial charge in [0.05, 0.1) is 27.9 Å². The van der Waals surface area contributed by atoms with Gasteiger partial charge >= 0.3 is 0 Å². The van der Waals surface area contributed by atoms with Gasteiger partial charge < -0.3 is 4.74 Å². The quantitative estimate of drug-likeness (QED) is 0.320. The van der Waals surface area contributed by atoms with E-state index in [0.717, 1.165) is 28.8 Å². The maximum atomic E-state index is 12.9. The molecule has 0 fully saturated rings. The van der Waals surface area contributed by atoms with Crippen LogP contribution in [-0.2, 0) is 16.6 Å². The van der Waals surface area contributed by atoms with Gasteiger partial charge in [0.25, 0.3) is 0 Å². The molecular weight excluding hydrogens is 470 g/mol. The highest BCUT2D eigenvalue weighted by atomic mass is 35.5. The van der Waals surface area contributed by atoms with E-state index in [4.69, 9.17) is 21.4 Å². The molecule has 0 aliphatic carbocycles. The number of aryl methyl sites for hydroxylation is 1. The number of aromatic nitrogens is 2. The predicted octanol–water partition coefficient (Wildman–Crippen LogP) is 5.77. The van der Waals surface area contributed by atoms with Crippen molar-refractivity contribution in [2.45, 2.75) is 31.7 Å². The molecule has 0 bridgehead atoms. The molecule has 0 saturated heterocycles. The van der Waals surface area contributed by atoms with Crippen LogP contribution >= 0.6 is 11.6 Å². The molecule has 1 heterocycles. The van der Waals surface area contributed by atoms with Crippen molar-refractivity contribution >= 4 is 21.6 Å². The van der Waals surface area contributed by atoms with Gasteiger partial charge in [-0.2, -0.15) is 5.10 Å². The lowest BCUT2D eigenvalue weighted by Gasteiger charge is -2.10. The van der Waals surface area contributed by atoms with Crippen LogP contribution in [0.5, 0.6) is 5.75 Å². The molecule has 0 saturated carbocycles. The number of rotatable bonds is 9. The number of sulfonamides is 1. The Kier molecular flexibility index (Phi) is 7.36. The summed E-state index contributed by atoms with van der Waals surface area (Å²) in [5.41, 5.74) is 3.99. The van der Waals surface area contributed by atoms with Crippen molar-refractivity contribution in [2.24, 2.45) is 0 Å². The Hall–Kier alpha value is -3.13. The maximum absolute atomic E-state index is 12.9. The minimum Gasteiger partial charge on any atom is -0.492 e. The van der Waals surface area contributed by atoms with Crippen molar-refractivity contribution in [3.05, 3.63) is 95.1 Å². The Morgan fingerprint density at radius 1 is 1.03 bits per heavy atom. The number of hydrogen-bond acceptors (Lipinski definition) is 4. The first kappa shape index (κ1) is 24.0. The van der Waals surface area contributed by atoms with E-state index in [-0.39, 0.29) is 11.4 Å². The number of hydrogen-bond donors (Lipinski definition) is 1. The summed E-state index contributed by atoms with van der Waals surface area (Å²) in [5, 5.41) is 5.23. The monoisotopic (exact) mass is 495 g/mol. The Labute approximate surface area is 205 Å². The third-order valence-corrected chi connectivity index (χ3v) is 6.97. The second-order valence-corrected chi connectivity index (χ2v) is 10.1. The van der Waals surface area contributed by atoms with Gasteiger partial charge in [0.2, 0.25) is 10.0 Å². The fraction of sp³-hybridized carbons (Fsp3) is 0.192. The summed E-state index contributed by atoms with van der Waals surface area (Å²) in [4.78, 5) is 0.218. The molecule has 176 valence electrons. The highest BCUT2D eigenvalue weighted by molar-refractivity contribution is 7.89. The van der Waals surface area contributed by atoms with E-state index in [1.54, 1.807) is 35.0 Å². The molecule has 34 heavy (non-hydrogen) atoms. The summed E-state index contributed by atoms with van der Waals surface area (Å²) < 4.78 is 35.8. The maximum Gasteiger partial charge on any atom is 0.240 e. The van der Waals surface area contributed by atoms with Crippen molar-refractivity contribution in [3.8, 4) is 22.7 Å². The van der Waals surface area contributed by atoms with E-state index >= 15 is 0 Å². The zero-order chi connectivity index (χ0) is 24.1. The summed E-state index contributed by atoms with van der Waals surface area (Å²) in [6, 6.07) is 21.9. The first-order chi connectivity index (χ1) is 16.4. The van der Waals surface area contributed by atoms with Crippen LogP contribution in [0.4, 0.5) is 0 Å². The van der Waals surface area contributed by atoms with Gasteiger partial charge in [0.1, 0.15) is 5.75 Å². The van der Waals surface area contributed by atoms with Crippen molar-refractivity contribution in [2.75, 3.05) is 6.61 Å². The zero-order valence-electron chi connectivity index (χ0n) is 19.0. The summed E-state index contributed by atoms with van der Waals surface area (Å²) in [7, 11) is -3.69. The third-order valence-electron chi connectivity index (χ3n) is 5.26. The van der Waals surface area contributed by atoms with Crippen LogP contribution in [0.15, 0.2) is 83.9 Å². The highest BCUT2D eigenvalue weighted by Gasteiger charge is 2.18. The normalized spacial score (nSPS) is 11.5. The third kappa shape index (κ3) is 5.50. The van der Waals surface area contributed by atoms with E-state index < -0.39 is 10.0 Å². The average molecular weight is 496 g/mol. The van der Waals surface area contributed by atoms with Crippen LogP contribution in [0.1, 0.15) is 24.5 Å². The van der Waals surface area contributed by atoms with E-state index in [1.165, 1.54) is 0 Å². The van der Waals surface area contributed by atoms with Gasteiger partial charge in [0.15, 0.2) is 0 Å². The molecule has 0 atom stereocenters. The summed E-state index contributed by atoms with van der Waals surface area (Å²) in [6.45, 7) is 4.60. The summed E-state index contributed by atoms with van der Waals surface area (Å²) >= 11 is 6.46. The van der Waals surface area contributed by atoms with Crippen molar-refractivity contribution in [1.82, 2.24) is 14.5 Å². The molecule has 1 N–H and O–H groups in total. The SMILES string of the molecule is CCCOc1ccc(-c2nn(-c3ccccc3)cc2CNS(=O)(=O)c2ccc(C)cc2)cc1Cl. The van der Waals surface area contributed by atoms with E-state index in [1.807, 2.05) is 62.5 Å². The molecule has 3 aromatic carbocycles. The van der Waals surface area contributed by atoms with E-state index in [2.05, 4.69) is 4.72 Å². The van der Waals surface area contributed by atoms with Gasteiger partial charge in [0, 0.05) is 23.9 Å². The Morgan fingerprint density at radius 2 is 1.76 bits per heavy atom. The van der Waals surface area contributed by atoms with Gasteiger partial charge in [-0.25, -0.2) is 17.8 Å². The minimum absolute atomic E-state index is 0.0735. The number of benzene rings is 3. The molecule has 0 aliphatic heterocycles. The lowest BCUT2D eigenvalue weighted by molar-refractivity contribution is 0.317. The zero-order valence-corrected chi connectivity index (χ0v) is 20.6. The number of halogens is 1. The molecule has 0 unspecified atom stereocenters. The lowest BCUT2D eigenvalue weighted by Crippen LogP contribution is -2.23. The Morgan fingerprint density at radius 3 is 2.44 bits per heavy atom. The van der Waals surface area contributed by atoms with Crippen molar-refractivity contribution in [3.63, 3.8) is 0 Å². The molecule has 0 spiro atoms.